The fourth-order valence-electron chi connectivity index (χ4n) is 2.01. The summed E-state index contributed by atoms with van der Waals surface area (Å²) in [6, 6.07) is 0. The van der Waals surface area contributed by atoms with Crippen LogP contribution in [0.15, 0.2) is 12.2 Å². The Morgan fingerprint density at radius 1 is 0.929 bits per heavy atom. The van der Waals surface area contributed by atoms with Gasteiger partial charge in [0.15, 0.2) is 0 Å². The first-order valence-corrected chi connectivity index (χ1v) is 6.48. The summed E-state index contributed by atoms with van der Waals surface area (Å²) < 4.78 is 14.2. The third-order valence-electron chi connectivity index (χ3n) is 2.75. The highest BCUT2D eigenvalue weighted by Crippen LogP contribution is 2.38. The van der Waals surface area contributed by atoms with E-state index in [2.05, 4.69) is 12.2 Å². The molecule has 0 saturated heterocycles. The van der Waals surface area contributed by atoms with Gasteiger partial charge in [-0.3, -0.25) is 0 Å². The maximum Gasteiger partial charge on any atom is 0.483 e. The third kappa shape index (κ3) is 3.53. The summed E-state index contributed by atoms with van der Waals surface area (Å²) in [5, 5.41) is 0. The number of allylic oxidation sites excluding steroid dienone is 2. The van der Waals surface area contributed by atoms with Crippen LogP contribution < -0.4 is 0 Å². The first-order chi connectivity index (χ1) is 6.80. The molecule has 0 aromatic carbocycles. The zero-order chi connectivity index (χ0) is 10.4. The van der Waals surface area contributed by atoms with Gasteiger partial charge in [0.2, 0.25) is 0 Å². The van der Waals surface area contributed by atoms with E-state index < -0.39 is 9.53 Å². The maximum atomic E-state index is 4.74. The minimum absolute atomic E-state index is 0.991. The predicted molar refractivity (Wildman–Crippen MR) is 58.1 cm³/mol. The first-order valence-electron chi connectivity index (χ1n) is 5.06. The monoisotopic (exact) mass is 216 g/mol. The Bertz CT molecular complexity index is 163. The number of fused-ring (bicyclic) bond motifs is 2. The lowest BCUT2D eigenvalue weighted by atomic mass is 10.1. The van der Waals surface area contributed by atoms with Gasteiger partial charge in [-0.25, -0.2) is 0 Å². The molecule has 2 unspecified atom stereocenters. The Morgan fingerprint density at radius 3 is 1.43 bits per heavy atom. The molecule has 0 N–H and O–H groups in total. The lowest BCUT2D eigenvalue weighted by Crippen LogP contribution is -2.21. The van der Waals surface area contributed by atoms with Gasteiger partial charge in [0.25, 0.3) is 0 Å². The molecular weight excluding hydrogens is 196 g/mol. The molecule has 3 nitrogen and oxygen atoms in total. The summed E-state index contributed by atoms with van der Waals surface area (Å²) in [6.07, 6.45) is 9.19. The van der Waals surface area contributed by atoms with Crippen molar-refractivity contribution in [3.05, 3.63) is 12.2 Å². The van der Waals surface area contributed by atoms with Crippen molar-refractivity contribution in [1.82, 2.24) is 0 Å². The van der Waals surface area contributed by atoms with Crippen LogP contribution in [0.2, 0.25) is 0 Å². The summed E-state index contributed by atoms with van der Waals surface area (Å²) >= 11 is 0. The van der Waals surface area contributed by atoms with Crippen LogP contribution in [0.4, 0.5) is 0 Å². The molecule has 0 spiro atoms. The molecule has 4 heteroatoms. The minimum atomic E-state index is -1.67. The number of rotatable bonds is 3. The van der Waals surface area contributed by atoms with Crippen molar-refractivity contribution >= 4 is 9.53 Å². The van der Waals surface area contributed by atoms with Crippen molar-refractivity contribution in [3.8, 4) is 0 Å². The lowest BCUT2D eigenvalue weighted by Gasteiger charge is -2.05. The second kappa shape index (κ2) is 6.34. The minimum Gasteiger partial charge on any atom is -0.379 e. The van der Waals surface area contributed by atoms with E-state index in [9.17, 15) is 0 Å². The fourth-order valence-corrected chi connectivity index (χ4v) is 2.58. The zero-order valence-corrected chi connectivity index (χ0v) is 10.4. The van der Waals surface area contributed by atoms with Gasteiger partial charge < -0.3 is 13.3 Å². The van der Waals surface area contributed by atoms with Crippen molar-refractivity contribution in [2.75, 3.05) is 21.3 Å². The SMILES string of the molecule is C1=CC2CCC1C2.CO[SiH](OC)OC. The molecule has 0 amide bonds. The number of hydrogen-bond donors (Lipinski definition) is 0. The largest absolute Gasteiger partial charge is 0.483 e. The quantitative estimate of drug-likeness (QED) is 0.530. The van der Waals surface area contributed by atoms with Crippen molar-refractivity contribution < 1.29 is 13.3 Å². The van der Waals surface area contributed by atoms with E-state index in [1.807, 2.05) is 0 Å². The maximum absolute atomic E-state index is 4.74. The topological polar surface area (TPSA) is 27.7 Å². The van der Waals surface area contributed by atoms with Gasteiger partial charge in [0, 0.05) is 21.3 Å². The highest BCUT2D eigenvalue weighted by molar-refractivity contribution is 6.36. The summed E-state index contributed by atoms with van der Waals surface area (Å²) in [4.78, 5) is 0. The number of hydrogen-bond acceptors (Lipinski definition) is 3. The molecule has 82 valence electrons. The molecule has 2 bridgehead atoms. The molecule has 1 saturated carbocycles. The normalized spacial score (nSPS) is 28.0. The average molecular weight is 216 g/mol. The van der Waals surface area contributed by atoms with E-state index >= 15 is 0 Å². The first kappa shape index (κ1) is 11.9. The Hall–Kier alpha value is -0.163. The van der Waals surface area contributed by atoms with E-state index in [0.717, 1.165) is 11.8 Å². The summed E-state index contributed by atoms with van der Waals surface area (Å²) in [7, 11) is 3.05. The van der Waals surface area contributed by atoms with Crippen LogP contribution in [-0.4, -0.2) is 30.9 Å². The molecule has 0 radical (unpaired) electrons. The standard InChI is InChI=1S/C7H10.C3H10O3Si/c1-2-7-4-3-6(1)5-7;1-4-7(5-2)6-3/h1-2,6-7H,3-5H2;7H,1-3H3. The lowest BCUT2D eigenvalue weighted by molar-refractivity contribution is 0.163. The van der Waals surface area contributed by atoms with Gasteiger partial charge in [-0.1, -0.05) is 12.2 Å². The summed E-state index contributed by atoms with van der Waals surface area (Å²) in [5.41, 5.74) is 0. The Labute approximate surface area is 88.0 Å². The molecule has 0 aromatic rings. The van der Waals surface area contributed by atoms with Crippen LogP contribution in [-0.2, 0) is 13.3 Å². The highest BCUT2D eigenvalue weighted by Gasteiger charge is 2.25. The smallest absolute Gasteiger partial charge is 0.379 e. The molecule has 2 aliphatic rings. The van der Waals surface area contributed by atoms with Gasteiger partial charge in [-0.2, -0.15) is 0 Å². The average Bonchev–Trinajstić information content (AvgIpc) is 2.85. The van der Waals surface area contributed by atoms with Crippen LogP contribution in [0.3, 0.4) is 0 Å². The third-order valence-corrected chi connectivity index (χ3v) is 3.90. The van der Waals surface area contributed by atoms with Crippen LogP contribution in [0.1, 0.15) is 19.3 Å². The van der Waals surface area contributed by atoms with Crippen molar-refractivity contribution in [2.24, 2.45) is 11.8 Å². The highest BCUT2D eigenvalue weighted by atomic mass is 28.3. The Balaban J connectivity index is 0.000000140. The van der Waals surface area contributed by atoms with Gasteiger partial charge in [0.1, 0.15) is 0 Å². The van der Waals surface area contributed by atoms with E-state index in [1.54, 1.807) is 21.3 Å². The van der Waals surface area contributed by atoms with E-state index in [4.69, 9.17) is 13.3 Å². The van der Waals surface area contributed by atoms with Crippen molar-refractivity contribution in [3.63, 3.8) is 0 Å². The molecule has 2 rings (SSSR count). The van der Waals surface area contributed by atoms with Gasteiger partial charge in [-0.15, -0.1) is 0 Å². The van der Waals surface area contributed by atoms with Gasteiger partial charge in [0.05, 0.1) is 0 Å². The van der Waals surface area contributed by atoms with Crippen molar-refractivity contribution in [2.45, 2.75) is 19.3 Å². The molecule has 1 fully saturated rings. The van der Waals surface area contributed by atoms with Crippen LogP contribution in [0, 0.1) is 11.8 Å². The second-order valence-corrected chi connectivity index (χ2v) is 5.71. The predicted octanol–water partition coefficient (Wildman–Crippen LogP) is 1.62. The van der Waals surface area contributed by atoms with E-state index in [1.165, 1.54) is 19.3 Å². The summed E-state index contributed by atoms with van der Waals surface area (Å²) in [5.74, 6) is 1.98. The van der Waals surface area contributed by atoms with E-state index in [0.29, 0.717) is 0 Å². The molecule has 0 heterocycles. The fraction of sp³-hybridized carbons (Fsp3) is 0.800. The molecule has 14 heavy (non-hydrogen) atoms. The molecule has 2 aliphatic carbocycles. The second-order valence-electron chi connectivity index (χ2n) is 3.71. The van der Waals surface area contributed by atoms with Crippen molar-refractivity contribution in [1.29, 1.82) is 0 Å². The van der Waals surface area contributed by atoms with Crippen LogP contribution >= 0.6 is 0 Å². The van der Waals surface area contributed by atoms with Gasteiger partial charge in [-0.05, 0) is 31.1 Å². The summed E-state index contributed by atoms with van der Waals surface area (Å²) in [6.45, 7) is 0. The van der Waals surface area contributed by atoms with Crippen LogP contribution in [0.25, 0.3) is 0 Å². The van der Waals surface area contributed by atoms with E-state index in [-0.39, 0.29) is 0 Å². The van der Waals surface area contributed by atoms with Gasteiger partial charge >= 0.3 is 9.53 Å². The zero-order valence-electron chi connectivity index (χ0n) is 9.23. The van der Waals surface area contributed by atoms with Crippen LogP contribution in [0.5, 0.6) is 0 Å². The Kier molecular flexibility index (Phi) is 5.40. The molecule has 0 aliphatic heterocycles. The molecular formula is C10H20O3Si. The molecule has 0 aromatic heterocycles. The molecule has 2 atom stereocenters. The Morgan fingerprint density at radius 2 is 1.36 bits per heavy atom.